The summed E-state index contributed by atoms with van der Waals surface area (Å²) < 4.78 is 39.0. The molecule has 0 aliphatic rings. The molecule has 0 fully saturated rings. The molecule has 0 bridgehead atoms. The maximum atomic E-state index is 12.9. The Labute approximate surface area is 182 Å². The molecule has 31 heavy (non-hydrogen) atoms. The zero-order valence-corrected chi connectivity index (χ0v) is 18.3. The van der Waals surface area contributed by atoms with Crippen molar-refractivity contribution in [3.05, 3.63) is 101 Å². The number of para-hydroxylation sites is 1. The molecule has 0 heterocycles. The summed E-state index contributed by atoms with van der Waals surface area (Å²) in [4.78, 5) is 12.4. The third-order valence-corrected chi connectivity index (χ3v) is 6.07. The van der Waals surface area contributed by atoms with Crippen molar-refractivity contribution >= 4 is 21.6 Å². The van der Waals surface area contributed by atoms with Crippen molar-refractivity contribution in [1.29, 1.82) is 0 Å². The Hall–Kier alpha value is -3.19. The minimum absolute atomic E-state index is 0.177. The molecule has 0 aliphatic heterocycles. The summed E-state index contributed by atoms with van der Waals surface area (Å²) >= 11 is 0. The molecular formula is C24H25FN2O3S. The highest BCUT2D eigenvalue weighted by molar-refractivity contribution is 7.92. The number of hydrogen-bond acceptors (Lipinski definition) is 3. The van der Waals surface area contributed by atoms with Crippen molar-refractivity contribution in [3.8, 4) is 0 Å². The second-order valence-corrected chi connectivity index (χ2v) is 9.29. The predicted octanol–water partition coefficient (Wildman–Crippen LogP) is 4.07. The van der Waals surface area contributed by atoms with E-state index in [0.29, 0.717) is 24.2 Å². The van der Waals surface area contributed by atoms with Crippen LogP contribution in [0, 0.1) is 12.7 Å². The molecule has 5 nitrogen and oxygen atoms in total. The first-order valence-corrected chi connectivity index (χ1v) is 11.7. The van der Waals surface area contributed by atoms with Gasteiger partial charge < -0.3 is 5.32 Å². The molecule has 162 valence electrons. The Morgan fingerprint density at radius 3 is 2.16 bits per heavy atom. The highest BCUT2D eigenvalue weighted by atomic mass is 32.2. The van der Waals surface area contributed by atoms with Gasteiger partial charge in [-0.05, 0) is 60.4 Å². The lowest BCUT2D eigenvalue weighted by Gasteiger charge is -2.24. The van der Waals surface area contributed by atoms with Gasteiger partial charge in [0, 0.05) is 12.1 Å². The number of benzene rings is 3. The number of nitrogens with one attached hydrogen (secondary N) is 1. The minimum atomic E-state index is -3.48. The van der Waals surface area contributed by atoms with E-state index in [1.807, 2.05) is 19.1 Å². The van der Waals surface area contributed by atoms with Gasteiger partial charge in [0.25, 0.3) is 5.91 Å². The van der Waals surface area contributed by atoms with E-state index in [4.69, 9.17) is 0 Å². The van der Waals surface area contributed by atoms with Gasteiger partial charge in [-0.3, -0.25) is 9.10 Å². The number of halogens is 1. The van der Waals surface area contributed by atoms with Crippen LogP contribution in [0.15, 0.2) is 72.8 Å². The standard InChI is InChI=1S/C24H25FN2O3S/c1-18-5-3-4-6-23(18)27(31(2,29)30)17-20-7-11-21(12-8-20)24(28)26-16-15-19-9-13-22(25)14-10-19/h3-14H,15-17H2,1-2H3,(H,26,28). The van der Waals surface area contributed by atoms with E-state index in [-0.39, 0.29) is 18.3 Å². The lowest BCUT2D eigenvalue weighted by Crippen LogP contribution is -2.30. The SMILES string of the molecule is Cc1ccccc1N(Cc1ccc(C(=O)NCCc2ccc(F)cc2)cc1)S(C)(=O)=O. The summed E-state index contributed by atoms with van der Waals surface area (Å²) in [5, 5.41) is 2.84. The highest BCUT2D eigenvalue weighted by Gasteiger charge is 2.19. The molecule has 3 aromatic carbocycles. The van der Waals surface area contributed by atoms with Crippen LogP contribution in [-0.2, 0) is 23.0 Å². The van der Waals surface area contributed by atoms with Crippen LogP contribution in [0.1, 0.15) is 27.0 Å². The number of amides is 1. The van der Waals surface area contributed by atoms with Crippen molar-refractivity contribution in [2.45, 2.75) is 19.9 Å². The Balaban J connectivity index is 1.63. The molecule has 0 aliphatic carbocycles. The number of anilines is 1. The number of nitrogens with zero attached hydrogens (tertiary/aromatic N) is 1. The van der Waals surface area contributed by atoms with Gasteiger partial charge in [-0.2, -0.15) is 0 Å². The van der Waals surface area contributed by atoms with Gasteiger partial charge in [-0.25, -0.2) is 12.8 Å². The van der Waals surface area contributed by atoms with Gasteiger partial charge in [0.15, 0.2) is 0 Å². The third-order valence-electron chi connectivity index (χ3n) is 4.94. The van der Waals surface area contributed by atoms with Gasteiger partial charge in [0.05, 0.1) is 18.5 Å². The average molecular weight is 441 g/mol. The first-order chi connectivity index (χ1) is 14.7. The zero-order valence-electron chi connectivity index (χ0n) is 17.5. The normalized spacial score (nSPS) is 11.2. The Morgan fingerprint density at radius 1 is 0.935 bits per heavy atom. The van der Waals surface area contributed by atoms with E-state index < -0.39 is 10.0 Å². The van der Waals surface area contributed by atoms with E-state index >= 15 is 0 Å². The number of aryl methyl sites for hydroxylation is 1. The molecule has 7 heteroatoms. The quantitative estimate of drug-likeness (QED) is 0.574. The molecule has 0 saturated heterocycles. The Morgan fingerprint density at radius 2 is 1.55 bits per heavy atom. The largest absolute Gasteiger partial charge is 0.352 e. The van der Waals surface area contributed by atoms with Crippen molar-refractivity contribution in [3.63, 3.8) is 0 Å². The van der Waals surface area contributed by atoms with Gasteiger partial charge in [0.1, 0.15) is 5.82 Å². The predicted molar refractivity (Wildman–Crippen MR) is 121 cm³/mol. The fourth-order valence-electron chi connectivity index (χ4n) is 3.23. The summed E-state index contributed by atoms with van der Waals surface area (Å²) in [6.07, 6.45) is 1.78. The van der Waals surface area contributed by atoms with Crippen LogP contribution in [-0.4, -0.2) is 27.1 Å². The monoisotopic (exact) mass is 440 g/mol. The van der Waals surface area contributed by atoms with E-state index in [1.165, 1.54) is 22.7 Å². The topological polar surface area (TPSA) is 66.5 Å². The number of hydrogen-bond donors (Lipinski definition) is 1. The van der Waals surface area contributed by atoms with Gasteiger partial charge in [-0.1, -0.05) is 42.5 Å². The van der Waals surface area contributed by atoms with Crippen LogP contribution in [0.25, 0.3) is 0 Å². The van der Waals surface area contributed by atoms with E-state index in [9.17, 15) is 17.6 Å². The molecule has 1 N–H and O–H groups in total. The van der Waals surface area contributed by atoms with Crippen molar-refractivity contribution in [2.24, 2.45) is 0 Å². The average Bonchev–Trinajstić information content (AvgIpc) is 2.74. The lowest BCUT2D eigenvalue weighted by atomic mass is 10.1. The number of sulfonamides is 1. The smallest absolute Gasteiger partial charge is 0.251 e. The summed E-state index contributed by atoms with van der Waals surface area (Å²) in [6, 6.07) is 20.4. The second kappa shape index (κ2) is 9.75. The van der Waals surface area contributed by atoms with Crippen LogP contribution in [0.2, 0.25) is 0 Å². The molecule has 3 aromatic rings. The number of rotatable bonds is 8. The molecule has 1 amide bonds. The first-order valence-electron chi connectivity index (χ1n) is 9.89. The molecule has 0 radical (unpaired) electrons. The minimum Gasteiger partial charge on any atom is -0.352 e. The Bertz CT molecular complexity index is 1140. The van der Waals surface area contributed by atoms with E-state index in [1.54, 1.807) is 48.5 Å². The maximum Gasteiger partial charge on any atom is 0.251 e. The highest BCUT2D eigenvalue weighted by Crippen LogP contribution is 2.24. The van der Waals surface area contributed by atoms with E-state index in [2.05, 4.69) is 5.32 Å². The first kappa shape index (κ1) is 22.5. The van der Waals surface area contributed by atoms with E-state index in [0.717, 1.165) is 16.7 Å². The molecule has 0 saturated carbocycles. The fourth-order valence-corrected chi connectivity index (χ4v) is 4.17. The van der Waals surface area contributed by atoms with Gasteiger partial charge >= 0.3 is 0 Å². The van der Waals surface area contributed by atoms with Crippen LogP contribution < -0.4 is 9.62 Å². The molecule has 3 rings (SSSR count). The summed E-state index contributed by atoms with van der Waals surface area (Å²) in [5.41, 5.74) is 3.70. The third kappa shape index (κ3) is 6.15. The molecule has 0 atom stereocenters. The van der Waals surface area contributed by atoms with Crippen molar-refractivity contribution in [1.82, 2.24) is 5.32 Å². The van der Waals surface area contributed by atoms with Crippen LogP contribution in [0.3, 0.4) is 0 Å². The van der Waals surface area contributed by atoms with Crippen LogP contribution >= 0.6 is 0 Å². The molecule has 0 spiro atoms. The van der Waals surface area contributed by atoms with Crippen molar-refractivity contribution in [2.75, 3.05) is 17.1 Å². The fraction of sp³-hybridized carbons (Fsp3) is 0.208. The van der Waals surface area contributed by atoms with Gasteiger partial charge in [-0.15, -0.1) is 0 Å². The lowest BCUT2D eigenvalue weighted by molar-refractivity contribution is 0.0954. The molecule has 0 unspecified atom stereocenters. The van der Waals surface area contributed by atoms with Crippen molar-refractivity contribution < 1.29 is 17.6 Å². The van der Waals surface area contributed by atoms with Crippen LogP contribution in [0.4, 0.5) is 10.1 Å². The van der Waals surface area contributed by atoms with Gasteiger partial charge in [0.2, 0.25) is 10.0 Å². The number of carbonyl (C=O) groups is 1. The second-order valence-electron chi connectivity index (χ2n) is 7.39. The summed E-state index contributed by atoms with van der Waals surface area (Å²) in [5.74, 6) is -0.503. The molecule has 0 aromatic heterocycles. The maximum absolute atomic E-state index is 12.9. The number of carbonyl (C=O) groups excluding carboxylic acids is 1. The zero-order chi connectivity index (χ0) is 22.4. The molecular weight excluding hydrogens is 415 g/mol. The van der Waals surface area contributed by atoms with Crippen LogP contribution in [0.5, 0.6) is 0 Å². The summed E-state index contributed by atoms with van der Waals surface area (Å²) in [6.45, 7) is 2.48. The Kier molecular flexibility index (Phi) is 7.07. The summed E-state index contributed by atoms with van der Waals surface area (Å²) in [7, 11) is -3.48.